The highest BCUT2D eigenvalue weighted by Crippen LogP contribution is 2.47. The molecule has 0 spiro atoms. The Labute approximate surface area is 261 Å². The lowest BCUT2D eigenvalue weighted by Gasteiger charge is -2.35. The first kappa shape index (κ1) is 31.2. The average molecular weight is 628 g/mol. The van der Waals surface area contributed by atoms with Crippen molar-refractivity contribution >= 4 is 55.3 Å². The van der Waals surface area contributed by atoms with Crippen LogP contribution in [-0.2, 0) is 22.0 Å². The zero-order valence-electron chi connectivity index (χ0n) is 24.7. The number of aromatic nitrogens is 6. The number of fused-ring (bicyclic) bond motifs is 3. The van der Waals surface area contributed by atoms with E-state index in [9.17, 15) is 17.2 Å². The van der Waals surface area contributed by atoms with Crippen molar-refractivity contribution in [3.63, 3.8) is 0 Å². The van der Waals surface area contributed by atoms with E-state index in [-0.39, 0.29) is 34.9 Å². The van der Waals surface area contributed by atoms with Gasteiger partial charge in [0.05, 0.1) is 80.6 Å². The van der Waals surface area contributed by atoms with Crippen LogP contribution in [0.15, 0.2) is 47.6 Å². The first-order chi connectivity index (χ1) is 21.1. The van der Waals surface area contributed by atoms with Gasteiger partial charge in [-0.15, -0.1) is 5.10 Å². The van der Waals surface area contributed by atoms with Crippen LogP contribution < -0.4 is 4.74 Å². The molecule has 16 heteroatoms. The second-order valence-corrected chi connectivity index (χ2v) is 13.6. The van der Waals surface area contributed by atoms with Gasteiger partial charge in [-0.25, -0.2) is 26.3 Å². The van der Waals surface area contributed by atoms with E-state index >= 15 is 4.39 Å². The van der Waals surface area contributed by atoms with Gasteiger partial charge in [0.15, 0.2) is 9.84 Å². The number of sulfone groups is 1. The summed E-state index contributed by atoms with van der Waals surface area (Å²) in [6.07, 6.45) is 3.37. The van der Waals surface area contributed by atoms with Gasteiger partial charge < -0.3 is 9.30 Å². The van der Waals surface area contributed by atoms with E-state index in [1.807, 2.05) is 0 Å². The van der Waals surface area contributed by atoms with Crippen LogP contribution in [0.5, 0.6) is 5.75 Å². The van der Waals surface area contributed by atoms with Crippen LogP contribution in [0.1, 0.15) is 43.1 Å². The summed E-state index contributed by atoms with van der Waals surface area (Å²) in [5.41, 5.74) is 2.05. The van der Waals surface area contributed by atoms with Gasteiger partial charge in [-0.2, -0.15) is 0 Å². The molecule has 45 heavy (non-hydrogen) atoms. The molecule has 6 rings (SSSR count). The van der Waals surface area contributed by atoms with Gasteiger partial charge >= 0.3 is 0 Å². The van der Waals surface area contributed by atoms with Gasteiger partial charge in [-0.3, -0.25) is 9.97 Å². The number of alkyl halides is 2. The number of hydrogen-bond acceptors (Lipinski definition) is 7. The minimum absolute atomic E-state index is 0.0217. The number of aryl methyl sites for hydroxylation is 1. The second-order valence-electron chi connectivity index (χ2n) is 11.6. The maximum Gasteiger partial charge on any atom is 0.248 e. The molecule has 4 heterocycles. The third kappa shape index (κ3) is 5.51. The molecule has 1 fully saturated rings. The molecule has 6 radical (unpaired) electrons. The van der Waals surface area contributed by atoms with E-state index in [0.29, 0.717) is 33.2 Å². The van der Waals surface area contributed by atoms with Crippen molar-refractivity contribution in [2.24, 2.45) is 13.0 Å². The summed E-state index contributed by atoms with van der Waals surface area (Å²) in [4.78, 5) is 9.07. The van der Waals surface area contributed by atoms with Crippen LogP contribution in [0.2, 0.25) is 0 Å². The molecule has 0 N–H and O–H groups in total. The Morgan fingerprint density at radius 3 is 2.44 bits per heavy atom. The molecule has 4 aromatic heterocycles. The van der Waals surface area contributed by atoms with Gasteiger partial charge in [0.1, 0.15) is 11.6 Å². The normalized spacial score (nSPS) is 16.8. The molecule has 1 saturated carbocycles. The average Bonchev–Trinajstić information content (AvgIpc) is 3.52. The number of methoxy groups -OCH3 is 1. The number of halogens is 3. The summed E-state index contributed by atoms with van der Waals surface area (Å²) in [6, 6.07) is 6.34. The van der Waals surface area contributed by atoms with Gasteiger partial charge in [0, 0.05) is 44.1 Å². The minimum atomic E-state index is -3.76. The molecule has 1 aliphatic rings. The Kier molecular flexibility index (Phi) is 7.57. The Morgan fingerprint density at radius 2 is 1.82 bits per heavy atom. The number of hydrogen-bond donors (Lipinski definition) is 0. The fourth-order valence-electron chi connectivity index (χ4n) is 6.29. The van der Waals surface area contributed by atoms with Crippen LogP contribution in [-0.4, -0.2) is 80.8 Å². The summed E-state index contributed by atoms with van der Waals surface area (Å²) in [5, 5.41) is 6.66. The lowest BCUT2D eigenvalue weighted by atomic mass is 9.41. The number of benzene rings is 1. The van der Waals surface area contributed by atoms with Crippen molar-refractivity contribution < 1.29 is 26.3 Å². The number of ether oxygens (including phenoxy) is 1. The van der Waals surface area contributed by atoms with Gasteiger partial charge in [0.25, 0.3) is 0 Å². The molecule has 9 nitrogen and oxygen atoms in total. The minimum Gasteiger partial charge on any atom is -0.496 e. The smallest absolute Gasteiger partial charge is 0.248 e. The van der Waals surface area contributed by atoms with Crippen LogP contribution in [0.25, 0.3) is 33.2 Å². The highest BCUT2D eigenvalue weighted by atomic mass is 32.2. The summed E-state index contributed by atoms with van der Waals surface area (Å²) < 4.78 is 79.0. The van der Waals surface area contributed by atoms with Crippen molar-refractivity contribution in [1.82, 2.24) is 29.5 Å². The van der Waals surface area contributed by atoms with Crippen molar-refractivity contribution in [1.29, 1.82) is 0 Å². The van der Waals surface area contributed by atoms with Crippen LogP contribution in [0.4, 0.5) is 13.2 Å². The summed E-state index contributed by atoms with van der Waals surface area (Å²) in [6.45, 7) is 0. The summed E-state index contributed by atoms with van der Waals surface area (Å²) in [5.74, 6) is -3.78. The van der Waals surface area contributed by atoms with Crippen molar-refractivity contribution in [2.45, 2.75) is 47.7 Å². The summed E-state index contributed by atoms with van der Waals surface area (Å²) >= 11 is 0. The summed E-state index contributed by atoms with van der Waals surface area (Å²) in [7, 11) is 17.3. The van der Waals surface area contributed by atoms with E-state index in [1.54, 1.807) is 17.7 Å². The van der Waals surface area contributed by atoms with E-state index in [2.05, 4.69) is 15.3 Å². The fraction of sp³-hybridized carbons (Fsp3) is 0.379. The third-order valence-corrected chi connectivity index (χ3v) is 9.48. The maximum atomic E-state index is 15.7. The Hall–Kier alpha value is -3.81. The molecule has 226 valence electrons. The largest absolute Gasteiger partial charge is 0.496 e. The standard InChI is InChI=1S/C29H26B3F3N6O3S/c1-40-26(27(38-39-40)29(30,31)32)16-11-20-24(37-14-16)22-19(12-17(45(3,42)43)13-21(22)44-2)41(20)25(23-18(33)5-4-10-36-23)15-6-8-28(34,35)9-7-15/h4-5,10-15,25H,6-9H2,1-3H3. The maximum absolute atomic E-state index is 15.7. The molecule has 1 unspecified atom stereocenters. The fourth-order valence-corrected chi connectivity index (χ4v) is 6.94. The molecule has 0 saturated heterocycles. The highest BCUT2D eigenvalue weighted by molar-refractivity contribution is 7.90. The molecule has 0 amide bonds. The molecule has 0 bridgehead atoms. The van der Waals surface area contributed by atoms with Crippen LogP contribution >= 0.6 is 0 Å². The van der Waals surface area contributed by atoms with E-state index in [1.165, 1.54) is 48.5 Å². The third-order valence-electron chi connectivity index (χ3n) is 8.39. The molecular weight excluding hydrogens is 602 g/mol. The molecule has 1 atom stereocenters. The Morgan fingerprint density at radius 1 is 1.11 bits per heavy atom. The molecule has 5 aromatic rings. The lowest BCUT2D eigenvalue weighted by molar-refractivity contribution is -0.0495. The predicted octanol–water partition coefficient (Wildman–Crippen LogP) is 3.96. The number of nitrogens with zero attached hydrogens (tertiary/aromatic N) is 6. The number of pyridine rings is 2. The van der Waals surface area contributed by atoms with Gasteiger partial charge in [-0.05, 0) is 49.1 Å². The quantitative estimate of drug-likeness (QED) is 0.252. The predicted molar refractivity (Wildman–Crippen MR) is 165 cm³/mol. The van der Waals surface area contributed by atoms with E-state index in [4.69, 9.17) is 33.3 Å². The van der Waals surface area contributed by atoms with Crippen LogP contribution in [0, 0.1) is 11.7 Å². The lowest BCUT2D eigenvalue weighted by Crippen LogP contribution is -2.31. The van der Waals surface area contributed by atoms with Crippen molar-refractivity contribution in [2.75, 3.05) is 13.4 Å². The Balaban J connectivity index is 1.75. The van der Waals surface area contributed by atoms with E-state index in [0.717, 1.165) is 6.26 Å². The first-order valence-corrected chi connectivity index (χ1v) is 16.0. The second kappa shape index (κ2) is 10.9. The molecule has 1 aliphatic carbocycles. The SMILES string of the molecule is [B]C([B])([B])c1nnn(C)c1-c1cnc2c3c(OC)cc(S(C)(=O)=O)cc3n(C(c3ncccc3F)C3CCC(F)(F)CC3)c2c1. The van der Waals surface area contributed by atoms with Crippen molar-refractivity contribution in [3.8, 4) is 17.0 Å². The van der Waals surface area contributed by atoms with E-state index < -0.39 is 51.5 Å². The zero-order chi connectivity index (χ0) is 32.5. The first-order valence-electron chi connectivity index (χ1n) is 14.1. The molecular formula is C29H26B3F3N6O3S. The monoisotopic (exact) mass is 628 g/mol. The van der Waals surface area contributed by atoms with Crippen molar-refractivity contribution in [3.05, 3.63) is 59.9 Å². The van der Waals surface area contributed by atoms with Crippen LogP contribution in [0.3, 0.4) is 0 Å². The molecule has 0 aliphatic heterocycles. The van der Waals surface area contributed by atoms with Gasteiger partial charge in [-0.1, -0.05) is 10.3 Å². The zero-order valence-corrected chi connectivity index (χ0v) is 25.5. The highest BCUT2D eigenvalue weighted by Gasteiger charge is 2.41. The molecule has 1 aromatic carbocycles. The number of rotatable bonds is 7. The topological polar surface area (TPSA) is 105 Å². The Bertz CT molecular complexity index is 2050. The van der Waals surface area contributed by atoms with Gasteiger partial charge in [0.2, 0.25) is 5.92 Å².